The quantitative estimate of drug-likeness (QED) is 0.815. The van der Waals surface area contributed by atoms with Gasteiger partial charge < -0.3 is 24.9 Å². The second kappa shape index (κ2) is 6.11. The number of aromatic hydroxyl groups is 1. The summed E-state index contributed by atoms with van der Waals surface area (Å²) in [6.07, 6.45) is 1.30. The van der Waals surface area contributed by atoms with E-state index in [-0.39, 0.29) is 33.9 Å². The van der Waals surface area contributed by atoms with Crippen molar-refractivity contribution in [2.75, 3.05) is 20.0 Å². The number of nitrogens with two attached hydrogens (primary N) is 1. The molecule has 0 spiro atoms. The van der Waals surface area contributed by atoms with Gasteiger partial charge >= 0.3 is 11.9 Å². The molecule has 0 aliphatic carbocycles. The molecule has 8 heteroatoms. The van der Waals surface area contributed by atoms with Crippen molar-refractivity contribution < 1.29 is 24.2 Å². The molecule has 0 aliphatic heterocycles. The molecular weight excluding hydrogens is 302 g/mol. The number of ether oxygens (including phenoxy) is 2. The molecule has 0 saturated carbocycles. The summed E-state index contributed by atoms with van der Waals surface area (Å²) in [6.45, 7) is 0. The number of carbonyl (C=O) groups is 2. The molecule has 2 aromatic rings. The van der Waals surface area contributed by atoms with Crippen LogP contribution in [0.1, 0.15) is 26.4 Å². The van der Waals surface area contributed by atoms with Gasteiger partial charge in [-0.2, -0.15) is 5.26 Å². The summed E-state index contributed by atoms with van der Waals surface area (Å²) < 4.78 is 10.4. The van der Waals surface area contributed by atoms with Gasteiger partial charge in [-0.25, -0.2) is 9.59 Å². The number of phenolic OH excluding ortho intramolecular Hbond substituents is 1. The van der Waals surface area contributed by atoms with Crippen LogP contribution in [-0.4, -0.2) is 35.8 Å². The van der Waals surface area contributed by atoms with Gasteiger partial charge in [-0.15, -0.1) is 0 Å². The molecule has 118 valence electrons. The molecule has 0 saturated heterocycles. The maximum atomic E-state index is 11.9. The number of benzene rings is 1. The maximum absolute atomic E-state index is 11.9. The summed E-state index contributed by atoms with van der Waals surface area (Å²) in [5, 5.41) is 19.2. The third-order valence-electron chi connectivity index (χ3n) is 3.20. The molecule has 1 aromatic carbocycles. The number of rotatable bonds is 3. The van der Waals surface area contributed by atoms with Gasteiger partial charge in [0, 0.05) is 6.20 Å². The van der Waals surface area contributed by atoms with Crippen LogP contribution in [0.4, 0.5) is 5.69 Å². The largest absolute Gasteiger partial charge is 0.506 e. The monoisotopic (exact) mass is 315 g/mol. The molecule has 0 radical (unpaired) electrons. The minimum Gasteiger partial charge on any atom is -0.506 e. The van der Waals surface area contributed by atoms with E-state index in [1.807, 2.05) is 6.07 Å². The minimum atomic E-state index is -0.763. The lowest BCUT2D eigenvalue weighted by Gasteiger charge is -2.11. The molecule has 0 aliphatic rings. The van der Waals surface area contributed by atoms with Gasteiger partial charge in [0.05, 0.1) is 36.7 Å². The Hall–Kier alpha value is -3.47. The van der Waals surface area contributed by atoms with E-state index in [2.05, 4.69) is 9.47 Å². The summed E-state index contributed by atoms with van der Waals surface area (Å²) in [5.74, 6) is -1.68. The number of hydrogen-bond acceptors (Lipinski definition) is 7. The van der Waals surface area contributed by atoms with E-state index < -0.39 is 11.9 Å². The standard InChI is InChI=1S/C15H13N3O5/c1-22-14(20)8-3-4-10(11(19)5-8)18-7-9(6-16)12(17)13(18)15(21)23-2/h3-5,7,19H,17H2,1-2H3. The highest BCUT2D eigenvalue weighted by Gasteiger charge is 2.23. The number of phenols is 1. The van der Waals surface area contributed by atoms with Gasteiger partial charge in [0.2, 0.25) is 0 Å². The van der Waals surface area contributed by atoms with Crippen LogP contribution < -0.4 is 5.73 Å². The molecule has 0 unspecified atom stereocenters. The summed E-state index contributed by atoms with van der Waals surface area (Å²) in [7, 11) is 2.39. The van der Waals surface area contributed by atoms with Crippen molar-refractivity contribution in [2.45, 2.75) is 0 Å². The van der Waals surface area contributed by atoms with Gasteiger partial charge in [-0.05, 0) is 18.2 Å². The third-order valence-corrected chi connectivity index (χ3v) is 3.20. The average molecular weight is 315 g/mol. The molecule has 8 nitrogen and oxygen atoms in total. The van der Waals surface area contributed by atoms with Crippen LogP contribution in [0.3, 0.4) is 0 Å². The first-order valence-corrected chi connectivity index (χ1v) is 6.35. The zero-order valence-electron chi connectivity index (χ0n) is 12.4. The molecule has 1 heterocycles. The number of anilines is 1. The number of carbonyl (C=O) groups excluding carboxylic acids is 2. The molecule has 2 rings (SSSR count). The van der Waals surface area contributed by atoms with Crippen molar-refractivity contribution in [3.63, 3.8) is 0 Å². The van der Waals surface area contributed by atoms with Crippen molar-refractivity contribution in [2.24, 2.45) is 0 Å². The predicted octanol–water partition coefficient (Wildman–Crippen LogP) is 1.21. The second-order valence-electron chi connectivity index (χ2n) is 4.47. The Bertz CT molecular complexity index is 832. The van der Waals surface area contributed by atoms with Crippen molar-refractivity contribution in [1.82, 2.24) is 4.57 Å². The van der Waals surface area contributed by atoms with E-state index in [4.69, 9.17) is 11.0 Å². The SMILES string of the molecule is COC(=O)c1ccc(-n2cc(C#N)c(N)c2C(=O)OC)c(O)c1. The first kappa shape index (κ1) is 15.9. The van der Waals surface area contributed by atoms with E-state index in [1.54, 1.807) is 0 Å². The normalized spacial score (nSPS) is 9.96. The van der Waals surface area contributed by atoms with Crippen LogP contribution in [0.25, 0.3) is 5.69 Å². The van der Waals surface area contributed by atoms with Crippen LogP contribution in [-0.2, 0) is 9.47 Å². The number of nitrogens with zero attached hydrogens (tertiary/aromatic N) is 2. The predicted molar refractivity (Wildman–Crippen MR) is 79.2 cm³/mol. The smallest absolute Gasteiger partial charge is 0.357 e. The summed E-state index contributed by atoms with van der Waals surface area (Å²) in [4.78, 5) is 23.4. The number of methoxy groups -OCH3 is 2. The van der Waals surface area contributed by atoms with Gasteiger partial charge in [0.25, 0.3) is 0 Å². The van der Waals surface area contributed by atoms with Gasteiger partial charge in [0.1, 0.15) is 11.8 Å². The number of nitrogen functional groups attached to an aromatic ring is 1. The number of aromatic nitrogens is 1. The van der Waals surface area contributed by atoms with Crippen molar-refractivity contribution >= 4 is 17.6 Å². The van der Waals surface area contributed by atoms with E-state index in [9.17, 15) is 14.7 Å². The summed E-state index contributed by atoms with van der Waals surface area (Å²) >= 11 is 0. The maximum Gasteiger partial charge on any atom is 0.357 e. The Morgan fingerprint density at radius 3 is 2.43 bits per heavy atom. The summed E-state index contributed by atoms with van der Waals surface area (Å²) in [5.41, 5.74) is 5.98. The first-order chi connectivity index (χ1) is 10.9. The zero-order valence-corrected chi connectivity index (χ0v) is 12.4. The van der Waals surface area contributed by atoms with Gasteiger partial charge in [-0.3, -0.25) is 0 Å². The molecule has 3 N–H and O–H groups in total. The Labute approximate surface area is 131 Å². The number of esters is 2. The highest BCUT2D eigenvalue weighted by atomic mass is 16.5. The third kappa shape index (κ3) is 2.67. The average Bonchev–Trinajstić information content (AvgIpc) is 2.89. The van der Waals surface area contributed by atoms with Crippen LogP contribution in [0.5, 0.6) is 5.75 Å². The Morgan fingerprint density at radius 2 is 1.91 bits per heavy atom. The van der Waals surface area contributed by atoms with E-state index in [0.29, 0.717) is 0 Å². The number of nitriles is 1. The zero-order chi connectivity index (χ0) is 17.1. The number of hydrogen-bond donors (Lipinski definition) is 2. The fraction of sp³-hybridized carbons (Fsp3) is 0.133. The fourth-order valence-electron chi connectivity index (χ4n) is 2.08. The molecule has 0 bridgehead atoms. The van der Waals surface area contributed by atoms with Crippen LogP contribution >= 0.6 is 0 Å². The second-order valence-corrected chi connectivity index (χ2v) is 4.47. The lowest BCUT2D eigenvalue weighted by molar-refractivity contribution is 0.0586. The molecule has 0 fully saturated rings. The van der Waals surface area contributed by atoms with E-state index in [0.717, 1.165) is 0 Å². The Balaban J connectivity index is 2.65. The van der Waals surface area contributed by atoms with Gasteiger partial charge in [0.15, 0.2) is 5.69 Å². The molecule has 0 atom stereocenters. The van der Waals surface area contributed by atoms with Crippen molar-refractivity contribution in [3.8, 4) is 17.5 Å². The fourth-order valence-corrected chi connectivity index (χ4v) is 2.08. The Morgan fingerprint density at radius 1 is 1.26 bits per heavy atom. The van der Waals surface area contributed by atoms with Crippen LogP contribution in [0, 0.1) is 11.3 Å². The van der Waals surface area contributed by atoms with Crippen molar-refractivity contribution in [3.05, 3.63) is 41.2 Å². The molecular formula is C15H13N3O5. The molecule has 23 heavy (non-hydrogen) atoms. The highest BCUT2D eigenvalue weighted by molar-refractivity contribution is 5.96. The topological polar surface area (TPSA) is 128 Å². The first-order valence-electron chi connectivity index (χ1n) is 6.35. The van der Waals surface area contributed by atoms with Crippen LogP contribution in [0.15, 0.2) is 24.4 Å². The Kier molecular flexibility index (Phi) is 4.23. The van der Waals surface area contributed by atoms with E-state index in [1.165, 1.54) is 43.2 Å². The lowest BCUT2D eigenvalue weighted by atomic mass is 10.2. The molecule has 0 amide bonds. The molecule has 1 aromatic heterocycles. The highest BCUT2D eigenvalue weighted by Crippen LogP contribution is 2.30. The van der Waals surface area contributed by atoms with E-state index >= 15 is 0 Å². The summed E-state index contributed by atoms with van der Waals surface area (Å²) in [6, 6.07) is 5.84. The minimum absolute atomic E-state index is 0.0573. The van der Waals surface area contributed by atoms with Crippen molar-refractivity contribution in [1.29, 1.82) is 5.26 Å². The van der Waals surface area contributed by atoms with Crippen LogP contribution in [0.2, 0.25) is 0 Å². The lowest BCUT2D eigenvalue weighted by Crippen LogP contribution is -2.11. The van der Waals surface area contributed by atoms with Gasteiger partial charge in [-0.1, -0.05) is 0 Å².